The molecule has 2 amide bonds. The monoisotopic (exact) mass is 376 g/mol. The fourth-order valence-corrected chi connectivity index (χ4v) is 3.84. The minimum absolute atomic E-state index is 0.0197. The summed E-state index contributed by atoms with van der Waals surface area (Å²) >= 11 is 0. The van der Waals surface area contributed by atoms with Crippen LogP contribution in [0.1, 0.15) is 13.8 Å². The number of para-hydroxylation sites is 1. The van der Waals surface area contributed by atoms with Gasteiger partial charge in [0, 0.05) is 61.2 Å². The Bertz CT molecular complexity index is 940. The van der Waals surface area contributed by atoms with Crippen LogP contribution < -0.4 is 10.2 Å². The van der Waals surface area contributed by atoms with Gasteiger partial charge in [0.15, 0.2) is 0 Å². The van der Waals surface area contributed by atoms with Crippen LogP contribution in [0.15, 0.2) is 60.8 Å². The highest BCUT2D eigenvalue weighted by atomic mass is 16.2. The zero-order chi connectivity index (χ0) is 19.5. The van der Waals surface area contributed by atoms with Crippen LogP contribution in [0.5, 0.6) is 0 Å². The molecule has 2 heterocycles. The van der Waals surface area contributed by atoms with Crippen molar-refractivity contribution in [3.8, 4) is 0 Å². The second-order valence-electron chi connectivity index (χ2n) is 7.88. The van der Waals surface area contributed by atoms with E-state index in [9.17, 15) is 4.79 Å². The lowest BCUT2D eigenvalue weighted by Gasteiger charge is -2.36. The number of hydrogen-bond acceptors (Lipinski definition) is 2. The van der Waals surface area contributed by atoms with Crippen molar-refractivity contribution >= 4 is 28.3 Å². The summed E-state index contributed by atoms with van der Waals surface area (Å²) in [5.74, 6) is 0.601. The summed E-state index contributed by atoms with van der Waals surface area (Å²) in [6.07, 6.45) is 2.12. The van der Waals surface area contributed by atoms with Gasteiger partial charge in [-0.3, -0.25) is 0 Å². The molecule has 5 heteroatoms. The lowest BCUT2D eigenvalue weighted by Crippen LogP contribution is -2.50. The quantitative estimate of drug-likeness (QED) is 0.720. The Morgan fingerprint density at radius 1 is 1.00 bits per heavy atom. The molecule has 5 nitrogen and oxygen atoms in total. The summed E-state index contributed by atoms with van der Waals surface area (Å²) in [5, 5.41) is 4.23. The molecule has 1 aliphatic heterocycles. The van der Waals surface area contributed by atoms with Crippen molar-refractivity contribution < 1.29 is 4.79 Å². The molecule has 0 atom stereocenters. The number of rotatable bonds is 4. The predicted molar refractivity (Wildman–Crippen MR) is 116 cm³/mol. The molecule has 1 aliphatic rings. The lowest BCUT2D eigenvalue weighted by atomic mass is 10.2. The number of urea groups is 1. The number of nitrogens with zero attached hydrogens (tertiary/aromatic N) is 3. The second kappa shape index (κ2) is 7.97. The first kappa shape index (κ1) is 18.4. The summed E-state index contributed by atoms with van der Waals surface area (Å²) in [6.45, 7) is 8.61. The molecule has 146 valence electrons. The molecule has 0 radical (unpaired) electrons. The zero-order valence-corrected chi connectivity index (χ0v) is 16.6. The largest absolute Gasteiger partial charge is 0.368 e. The topological polar surface area (TPSA) is 40.5 Å². The van der Waals surface area contributed by atoms with E-state index in [-0.39, 0.29) is 6.03 Å². The Morgan fingerprint density at radius 3 is 2.46 bits per heavy atom. The van der Waals surface area contributed by atoms with Crippen LogP contribution in [-0.4, -0.2) is 41.7 Å². The number of hydrogen-bond donors (Lipinski definition) is 1. The van der Waals surface area contributed by atoms with Crippen LogP contribution >= 0.6 is 0 Å². The summed E-state index contributed by atoms with van der Waals surface area (Å²) in [4.78, 5) is 16.9. The third kappa shape index (κ3) is 3.98. The summed E-state index contributed by atoms with van der Waals surface area (Å²) in [7, 11) is 0. The molecule has 1 fully saturated rings. The molecule has 0 spiro atoms. The van der Waals surface area contributed by atoms with Crippen molar-refractivity contribution in [2.75, 3.05) is 36.4 Å². The molecule has 28 heavy (non-hydrogen) atoms. The zero-order valence-electron chi connectivity index (χ0n) is 16.6. The van der Waals surface area contributed by atoms with Gasteiger partial charge < -0.3 is 19.7 Å². The van der Waals surface area contributed by atoms with Gasteiger partial charge in [-0.05, 0) is 42.3 Å². The summed E-state index contributed by atoms with van der Waals surface area (Å²) < 4.78 is 2.27. The van der Waals surface area contributed by atoms with Crippen molar-refractivity contribution in [2.45, 2.75) is 20.4 Å². The molecule has 0 unspecified atom stereocenters. The molecule has 1 N–H and O–H groups in total. The molecule has 1 aromatic heterocycles. The Morgan fingerprint density at radius 2 is 1.75 bits per heavy atom. The van der Waals surface area contributed by atoms with Gasteiger partial charge in [-0.15, -0.1) is 0 Å². The first-order valence-electron chi connectivity index (χ1n) is 10.0. The van der Waals surface area contributed by atoms with Gasteiger partial charge in [0.1, 0.15) is 0 Å². The average Bonchev–Trinajstić information content (AvgIpc) is 3.10. The lowest BCUT2D eigenvalue weighted by molar-refractivity contribution is 0.208. The normalized spacial score (nSPS) is 14.7. The van der Waals surface area contributed by atoms with Crippen LogP contribution in [0.2, 0.25) is 0 Å². The molecule has 0 bridgehead atoms. The van der Waals surface area contributed by atoms with Gasteiger partial charge in [0.05, 0.1) is 0 Å². The summed E-state index contributed by atoms with van der Waals surface area (Å²) in [6, 6.07) is 18.6. The Kier molecular flexibility index (Phi) is 5.24. The second-order valence-corrected chi connectivity index (χ2v) is 7.88. The number of nitrogens with one attached hydrogen (secondary N) is 1. The predicted octanol–water partition coefficient (Wildman–Crippen LogP) is 4.65. The van der Waals surface area contributed by atoms with Crippen molar-refractivity contribution in [2.24, 2.45) is 5.92 Å². The first-order valence-corrected chi connectivity index (χ1v) is 10.0. The molecule has 1 saturated heterocycles. The highest BCUT2D eigenvalue weighted by Gasteiger charge is 2.21. The molecular formula is C23H28N4O. The standard InChI is InChI=1S/C23H28N4O/c1-18(2)17-27-11-10-19-16-20(8-9-22(19)27)24-23(28)26-14-12-25(13-15-26)21-6-4-3-5-7-21/h3-11,16,18H,12-15,17H2,1-2H3,(H,24,28). The number of benzene rings is 2. The van der Waals surface area contributed by atoms with E-state index in [1.165, 1.54) is 11.2 Å². The molecule has 4 rings (SSSR count). The maximum absolute atomic E-state index is 12.7. The number of amides is 2. The molecule has 2 aromatic carbocycles. The van der Waals surface area contributed by atoms with E-state index in [4.69, 9.17) is 0 Å². The van der Waals surface area contributed by atoms with Crippen LogP contribution in [-0.2, 0) is 6.54 Å². The number of carbonyl (C=O) groups is 1. The Hall–Kier alpha value is -2.95. The number of fused-ring (bicyclic) bond motifs is 1. The van der Waals surface area contributed by atoms with Gasteiger partial charge in [0.2, 0.25) is 0 Å². The van der Waals surface area contributed by atoms with E-state index < -0.39 is 0 Å². The fraction of sp³-hybridized carbons (Fsp3) is 0.348. The number of piperazine rings is 1. The van der Waals surface area contributed by atoms with E-state index in [1.54, 1.807) is 0 Å². The van der Waals surface area contributed by atoms with Crippen LogP contribution in [0, 0.1) is 5.92 Å². The third-order valence-corrected chi connectivity index (χ3v) is 5.27. The van der Waals surface area contributed by atoms with Crippen LogP contribution in [0.25, 0.3) is 10.9 Å². The van der Waals surface area contributed by atoms with Crippen LogP contribution in [0.3, 0.4) is 0 Å². The minimum Gasteiger partial charge on any atom is -0.368 e. The van der Waals surface area contributed by atoms with Crippen molar-refractivity contribution in [1.29, 1.82) is 0 Å². The molecule has 0 saturated carbocycles. The van der Waals surface area contributed by atoms with Crippen molar-refractivity contribution in [3.63, 3.8) is 0 Å². The van der Waals surface area contributed by atoms with Crippen molar-refractivity contribution in [3.05, 3.63) is 60.8 Å². The van der Waals surface area contributed by atoms with E-state index in [2.05, 4.69) is 77.3 Å². The molecule has 3 aromatic rings. The van der Waals surface area contributed by atoms with E-state index in [1.807, 2.05) is 17.0 Å². The number of anilines is 2. The van der Waals surface area contributed by atoms with E-state index in [0.717, 1.165) is 43.8 Å². The van der Waals surface area contributed by atoms with E-state index >= 15 is 0 Å². The Labute approximate surface area is 166 Å². The van der Waals surface area contributed by atoms with Gasteiger partial charge in [0.25, 0.3) is 0 Å². The third-order valence-electron chi connectivity index (χ3n) is 5.27. The first-order chi connectivity index (χ1) is 13.6. The van der Waals surface area contributed by atoms with Gasteiger partial charge in [-0.25, -0.2) is 4.79 Å². The van der Waals surface area contributed by atoms with E-state index in [0.29, 0.717) is 5.92 Å². The van der Waals surface area contributed by atoms with Crippen LogP contribution in [0.4, 0.5) is 16.2 Å². The van der Waals surface area contributed by atoms with Gasteiger partial charge in [-0.2, -0.15) is 0 Å². The number of aromatic nitrogens is 1. The highest BCUT2D eigenvalue weighted by Crippen LogP contribution is 2.22. The summed E-state index contributed by atoms with van der Waals surface area (Å²) in [5.41, 5.74) is 3.28. The maximum atomic E-state index is 12.7. The molecular weight excluding hydrogens is 348 g/mol. The van der Waals surface area contributed by atoms with Gasteiger partial charge >= 0.3 is 6.03 Å². The minimum atomic E-state index is -0.0197. The molecule has 0 aliphatic carbocycles. The SMILES string of the molecule is CC(C)Cn1ccc2cc(NC(=O)N3CCN(c4ccccc4)CC3)ccc21. The smallest absolute Gasteiger partial charge is 0.321 e. The Balaban J connectivity index is 1.37. The average molecular weight is 377 g/mol. The number of carbonyl (C=O) groups excluding carboxylic acids is 1. The van der Waals surface area contributed by atoms with Crippen molar-refractivity contribution in [1.82, 2.24) is 9.47 Å². The van der Waals surface area contributed by atoms with Gasteiger partial charge in [-0.1, -0.05) is 32.0 Å². The maximum Gasteiger partial charge on any atom is 0.321 e. The highest BCUT2D eigenvalue weighted by molar-refractivity contribution is 5.93. The fourth-order valence-electron chi connectivity index (χ4n) is 3.84.